The highest BCUT2D eigenvalue weighted by atomic mass is 32.2. The van der Waals surface area contributed by atoms with Crippen molar-refractivity contribution in [1.29, 1.82) is 0 Å². The first kappa shape index (κ1) is 11.5. The van der Waals surface area contributed by atoms with Gasteiger partial charge in [0.25, 0.3) is 0 Å². The van der Waals surface area contributed by atoms with Crippen LogP contribution >= 0.6 is 0 Å². The Morgan fingerprint density at radius 2 is 2.00 bits per heavy atom. The van der Waals surface area contributed by atoms with Gasteiger partial charge in [0.05, 0.1) is 11.5 Å². The number of sulfone groups is 1. The molecule has 88 valence electrons. The van der Waals surface area contributed by atoms with Gasteiger partial charge in [-0.15, -0.1) is 0 Å². The summed E-state index contributed by atoms with van der Waals surface area (Å²) < 4.78 is 35.0. The quantitative estimate of drug-likeness (QED) is 0.864. The van der Waals surface area contributed by atoms with Gasteiger partial charge >= 0.3 is 0 Å². The Balaban J connectivity index is 1.87. The molecule has 1 heterocycles. The second kappa shape index (κ2) is 4.51. The molecule has 1 N–H and O–H groups in total. The molecule has 16 heavy (non-hydrogen) atoms. The van der Waals surface area contributed by atoms with Crippen molar-refractivity contribution in [2.75, 3.05) is 11.5 Å². The molecule has 1 saturated heterocycles. The second-order valence-electron chi connectivity index (χ2n) is 4.11. The Hall–Kier alpha value is -0.940. The lowest BCUT2D eigenvalue weighted by atomic mass is 10.2. The normalized spacial score (nSPS) is 23.4. The van der Waals surface area contributed by atoms with E-state index in [4.69, 9.17) is 0 Å². The minimum absolute atomic E-state index is 0.0371. The molecule has 0 radical (unpaired) electrons. The van der Waals surface area contributed by atoms with Gasteiger partial charge in [0.15, 0.2) is 9.84 Å². The third-order valence-electron chi connectivity index (χ3n) is 2.74. The molecule has 0 amide bonds. The van der Waals surface area contributed by atoms with Crippen molar-refractivity contribution in [3.05, 3.63) is 35.6 Å². The van der Waals surface area contributed by atoms with E-state index in [2.05, 4.69) is 5.32 Å². The van der Waals surface area contributed by atoms with Gasteiger partial charge in [-0.3, -0.25) is 0 Å². The van der Waals surface area contributed by atoms with Gasteiger partial charge in [-0.2, -0.15) is 0 Å². The van der Waals surface area contributed by atoms with Gasteiger partial charge in [0, 0.05) is 12.6 Å². The zero-order chi connectivity index (χ0) is 11.6. The molecule has 0 unspecified atom stereocenters. The Kier molecular flexibility index (Phi) is 3.25. The van der Waals surface area contributed by atoms with Gasteiger partial charge in [-0.05, 0) is 24.1 Å². The first-order chi connectivity index (χ1) is 7.55. The lowest BCUT2D eigenvalue weighted by molar-refractivity contribution is 0.553. The van der Waals surface area contributed by atoms with Crippen LogP contribution in [0.4, 0.5) is 4.39 Å². The topological polar surface area (TPSA) is 46.2 Å². The van der Waals surface area contributed by atoms with Crippen LogP contribution in [0.2, 0.25) is 0 Å². The Labute approximate surface area is 94.6 Å². The van der Waals surface area contributed by atoms with Crippen molar-refractivity contribution in [2.24, 2.45) is 0 Å². The van der Waals surface area contributed by atoms with Crippen molar-refractivity contribution in [1.82, 2.24) is 5.32 Å². The largest absolute Gasteiger partial charge is 0.309 e. The van der Waals surface area contributed by atoms with Crippen LogP contribution in [-0.2, 0) is 16.4 Å². The van der Waals surface area contributed by atoms with Crippen LogP contribution in [0, 0.1) is 5.82 Å². The average molecular weight is 243 g/mol. The zero-order valence-corrected chi connectivity index (χ0v) is 9.63. The third-order valence-corrected chi connectivity index (χ3v) is 4.51. The standard InChI is InChI=1S/C11H14FNO2S/c12-10-3-1-9(2-4-10)7-13-11-5-6-16(14,15)8-11/h1-4,11,13H,5-8H2/t11-/m0/s1. The summed E-state index contributed by atoms with van der Waals surface area (Å²) in [6, 6.07) is 6.25. The number of halogens is 1. The van der Waals surface area contributed by atoms with Gasteiger partial charge < -0.3 is 5.32 Å². The predicted octanol–water partition coefficient (Wildman–Crippen LogP) is 1.10. The molecule has 0 aliphatic carbocycles. The van der Waals surface area contributed by atoms with Crippen LogP contribution in [0.25, 0.3) is 0 Å². The van der Waals surface area contributed by atoms with Gasteiger partial charge in [0.2, 0.25) is 0 Å². The minimum Gasteiger partial charge on any atom is -0.309 e. The molecule has 1 fully saturated rings. The van der Waals surface area contributed by atoms with E-state index in [0.717, 1.165) is 5.56 Å². The summed E-state index contributed by atoms with van der Waals surface area (Å²) in [4.78, 5) is 0. The maximum Gasteiger partial charge on any atom is 0.151 e. The zero-order valence-electron chi connectivity index (χ0n) is 8.82. The molecular weight excluding hydrogens is 229 g/mol. The van der Waals surface area contributed by atoms with E-state index in [0.29, 0.717) is 13.0 Å². The Morgan fingerprint density at radius 3 is 2.56 bits per heavy atom. The third kappa shape index (κ3) is 3.02. The number of rotatable bonds is 3. The molecule has 5 heteroatoms. The molecule has 1 aromatic carbocycles. The predicted molar refractivity (Wildman–Crippen MR) is 60.3 cm³/mol. The average Bonchev–Trinajstić information content (AvgIpc) is 2.58. The van der Waals surface area contributed by atoms with E-state index in [1.807, 2.05) is 0 Å². The number of nitrogens with one attached hydrogen (secondary N) is 1. The first-order valence-electron chi connectivity index (χ1n) is 5.23. The lowest BCUT2D eigenvalue weighted by Gasteiger charge is -2.10. The van der Waals surface area contributed by atoms with E-state index in [1.54, 1.807) is 12.1 Å². The van der Waals surface area contributed by atoms with Crippen molar-refractivity contribution >= 4 is 9.84 Å². The fraction of sp³-hybridized carbons (Fsp3) is 0.455. The van der Waals surface area contributed by atoms with E-state index in [1.165, 1.54) is 12.1 Å². The Bertz CT molecular complexity index is 455. The summed E-state index contributed by atoms with van der Waals surface area (Å²) >= 11 is 0. The highest BCUT2D eigenvalue weighted by Gasteiger charge is 2.27. The number of hydrogen-bond donors (Lipinski definition) is 1. The Morgan fingerprint density at radius 1 is 1.31 bits per heavy atom. The molecule has 0 spiro atoms. The van der Waals surface area contributed by atoms with Crippen molar-refractivity contribution in [3.63, 3.8) is 0 Å². The summed E-state index contributed by atoms with van der Waals surface area (Å²) in [6.07, 6.45) is 0.670. The number of benzene rings is 1. The first-order valence-corrected chi connectivity index (χ1v) is 7.05. The molecule has 3 nitrogen and oxygen atoms in total. The molecule has 1 aromatic rings. The van der Waals surface area contributed by atoms with E-state index in [-0.39, 0.29) is 23.4 Å². The molecule has 1 atom stereocenters. The monoisotopic (exact) mass is 243 g/mol. The van der Waals surface area contributed by atoms with E-state index in [9.17, 15) is 12.8 Å². The summed E-state index contributed by atoms with van der Waals surface area (Å²) in [5.41, 5.74) is 0.964. The molecule has 0 saturated carbocycles. The summed E-state index contributed by atoms with van der Waals surface area (Å²) in [5.74, 6) is 0.231. The molecule has 1 aliphatic rings. The van der Waals surface area contributed by atoms with Crippen molar-refractivity contribution in [3.8, 4) is 0 Å². The van der Waals surface area contributed by atoms with Gasteiger partial charge in [-0.25, -0.2) is 12.8 Å². The van der Waals surface area contributed by atoms with Crippen LogP contribution in [0.1, 0.15) is 12.0 Å². The maximum absolute atomic E-state index is 12.6. The van der Waals surface area contributed by atoms with E-state index >= 15 is 0 Å². The summed E-state index contributed by atoms with van der Waals surface area (Å²) in [7, 11) is -2.83. The second-order valence-corrected chi connectivity index (χ2v) is 6.34. The van der Waals surface area contributed by atoms with E-state index < -0.39 is 9.84 Å². The minimum atomic E-state index is -2.83. The lowest BCUT2D eigenvalue weighted by Crippen LogP contribution is -2.29. The van der Waals surface area contributed by atoms with Crippen LogP contribution in [-0.4, -0.2) is 26.0 Å². The fourth-order valence-electron chi connectivity index (χ4n) is 1.82. The highest BCUT2D eigenvalue weighted by molar-refractivity contribution is 7.91. The molecule has 1 aliphatic heterocycles. The smallest absolute Gasteiger partial charge is 0.151 e. The van der Waals surface area contributed by atoms with Crippen molar-refractivity contribution < 1.29 is 12.8 Å². The van der Waals surface area contributed by atoms with Crippen LogP contribution in [0.5, 0.6) is 0 Å². The SMILES string of the molecule is O=S1(=O)CC[C@H](NCc2ccc(F)cc2)C1. The maximum atomic E-state index is 12.6. The summed E-state index contributed by atoms with van der Waals surface area (Å²) in [6.45, 7) is 0.584. The highest BCUT2D eigenvalue weighted by Crippen LogP contribution is 2.12. The van der Waals surface area contributed by atoms with Crippen LogP contribution in [0.3, 0.4) is 0 Å². The van der Waals surface area contributed by atoms with Gasteiger partial charge in [0.1, 0.15) is 5.82 Å². The summed E-state index contributed by atoms with van der Waals surface area (Å²) in [5, 5.41) is 3.17. The van der Waals surface area contributed by atoms with Crippen LogP contribution in [0.15, 0.2) is 24.3 Å². The molecule has 2 rings (SSSR count). The molecule has 0 aromatic heterocycles. The number of hydrogen-bond acceptors (Lipinski definition) is 3. The van der Waals surface area contributed by atoms with Crippen molar-refractivity contribution in [2.45, 2.75) is 19.0 Å². The fourth-order valence-corrected chi connectivity index (χ4v) is 3.53. The molecule has 0 bridgehead atoms. The molecular formula is C11H14FNO2S. The van der Waals surface area contributed by atoms with Crippen LogP contribution < -0.4 is 5.32 Å². The van der Waals surface area contributed by atoms with Gasteiger partial charge in [-0.1, -0.05) is 12.1 Å².